The molecule has 10 heteroatoms. The van der Waals surface area contributed by atoms with Crippen molar-refractivity contribution in [2.24, 2.45) is 0 Å². The van der Waals surface area contributed by atoms with Gasteiger partial charge in [-0.15, -0.1) is 0 Å². The molecule has 1 unspecified atom stereocenters. The van der Waals surface area contributed by atoms with Gasteiger partial charge < -0.3 is 10.2 Å². The van der Waals surface area contributed by atoms with Gasteiger partial charge in [-0.25, -0.2) is 8.42 Å². The number of rotatable bonds is 10. The molecule has 0 radical (unpaired) electrons. The smallest absolute Gasteiger partial charge is 0.264 e. The van der Waals surface area contributed by atoms with Crippen molar-refractivity contribution in [3.8, 4) is 0 Å². The maximum Gasteiger partial charge on any atom is 0.264 e. The second kappa shape index (κ2) is 12.9. The van der Waals surface area contributed by atoms with E-state index in [1.165, 1.54) is 29.2 Å². The average Bonchev–Trinajstić information content (AvgIpc) is 2.87. The molecule has 3 rings (SSSR count). The normalized spacial score (nSPS) is 12.5. The number of benzene rings is 3. The van der Waals surface area contributed by atoms with E-state index in [1.54, 1.807) is 61.5 Å². The van der Waals surface area contributed by atoms with Crippen LogP contribution in [0.5, 0.6) is 0 Å². The molecular weight excluding hydrogens is 557 g/mol. The number of amides is 2. The van der Waals surface area contributed by atoms with E-state index < -0.39 is 34.1 Å². The van der Waals surface area contributed by atoms with Crippen LogP contribution in [-0.4, -0.2) is 43.3 Å². The van der Waals surface area contributed by atoms with Crippen molar-refractivity contribution in [1.29, 1.82) is 0 Å². The first-order valence-corrected chi connectivity index (χ1v) is 14.7. The highest BCUT2D eigenvalue weighted by molar-refractivity contribution is 7.92. The number of carbonyl (C=O) groups excluding carboxylic acids is 2. The van der Waals surface area contributed by atoms with Gasteiger partial charge in [0.25, 0.3) is 10.0 Å². The van der Waals surface area contributed by atoms with Gasteiger partial charge in [-0.1, -0.05) is 66.5 Å². The Balaban J connectivity index is 2.06. The number of hydrogen-bond donors (Lipinski definition) is 1. The number of hydrogen-bond acceptors (Lipinski definition) is 4. The Morgan fingerprint density at radius 1 is 0.897 bits per heavy atom. The molecular formula is C29H33Cl2N3O4S. The van der Waals surface area contributed by atoms with E-state index >= 15 is 0 Å². The van der Waals surface area contributed by atoms with Crippen molar-refractivity contribution in [2.75, 3.05) is 10.8 Å². The number of carbonyl (C=O) groups is 2. The van der Waals surface area contributed by atoms with Crippen molar-refractivity contribution < 1.29 is 18.0 Å². The summed E-state index contributed by atoms with van der Waals surface area (Å²) >= 11 is 12.4. The summed E-state index contributed by atoms with van der Waals surface area (Å²) in [5.41, 5.74) is 0.421. The van der Waals surface area contributed by atoms with Crippen LogP contribution >= 0.6 is 23.2 Å². The van der Waals surface area contributed by atoms with Crippen LogP contribution in [0.25, 0.3) is 0 Å². The van der Waals surface area contributed by atoms with E-state index in [0.717, 1.165) is 4.31 Å². The van der Waals surface area contributed by atoms with Gasteiger partial charge in [0, 0.05) is 22.1 Å². The SMILES string of the molecule is CCC(C(=O)NC(C)(C)C)N(Cc1ccccc1Cl)C(=O)CN(c1ccccc1)S(=O)(=O)c1ccc(Cl)cc1. The predicted molar refractivity (Wildman–Crippen MR) is 156 cm³/mol. The summed E-state index contributed by atoms with van der Waals surface area (Å²) in [5.74, 6) is -0.885. The molecule has 3 aromatic carbocycles. The fourth-order valence-corrected chi connectivity index (χ4v) is 5.77. The van der Waals surface area contributed by atoms with Gasteiger partial charge in [-0.3, -0.25) is 13.9 Å². The topological polar surface area (TPSA) is 86.8 Å². The fraction of sp³-hybridized carbons (Fsp3) is 0.310. The molecule has 208 valence electrons. The Morgan fingerprint density at radius 3 is 2.05 bits per heavy atom. The highest BCUT2D eigenvalue weighted by Gasteiger charge is 2.34. The molecule has 1 atom stereocenters. The van der Waals surface area contributed by atoms with Crippen molar-refractivity contribution >= 4 is 50.7 Å². The number of para-hydroxylation sites is 1. The zero-order valence-electron chi connectivity index (χ0n) is 22.4. The molecule has 0 bridgehead atoms. The lowest BCUT2D eigenvalue weighted by Gasteiger charge is -2.35. The number of nitrogens with zero attached hydrogens (tertiary/aromatic N) is 2. The van der Waals surface area contributed by atoms with E-state index in [0.29, 0.717) is 27.7 Å². The summed E-state index contributed by atoms with van der Waals surface area (Å²) in [7, 11) is -4.16. The number of halogens is 2. The van der Waals surface area contributed by atoms with Crippen LogP contribution in [0.4, 0.5) is 5.69 Å². The molecule has 39 heavy (non-hydrogen) atoms. The Morgan fingerprint density at radius 2 is 1.49 bits per heavy atom. The highest BCUT2D eigenvalue weighted by atomic mass is 35.5. The molecule has 0 aliphatic rings. The van der Waals surface area contributed by atoms with Gasteiger partial charge in [-0.05, 0) is 75.2 Å². The van der Waals surface area contributed by atoms with E-state index in [2.05, 4.69) is 5.32 Å². The van der Waals surface area contributed by atoms with E-state index in [9.17, 15) is 18.0 Å². The lowest BCUT2D eigenvalue weighted by molar-refractivity contribution is -0.141. The van der Waals surface area contributed by atoms with Gasteiger partial charge in [0.1, 0.15) is 12.6 Å². The molecule has 0 fully saturated rings. The first-order chi connectivity index (χ1) is 18.3. The van der Waals surface area contributed by atoms with Gasteiger partial charge in [0.15, 0.2) is 0 Å². The standard InChI is InChI=1S/C29H33Cl2N3O4S/c1-5-26(28(36)32-29(2,3)4)33(19-21-11-9-10-14-25(21)31)27(35)20-34(23-12-7-6-8-13-23)39(37,38)24-17-15-22(30)16-18-24/h6-18,26H,5,19-20H2,1-4H3,(H,32,36). The van der Waals surface area contributed by atoms with Crippen LogP contribution in [0.3, 0.4) is 0 Å². The molecule has 0 aliphatic carbocycles. The minimum atomic E-state index is -4.16. The lowest BCUT2D eigenvalue weighted by atomic mass is 10.1. The Kier molecular flexibility index (Phi) is 10.0. The molecule has 0 spiro atoms. The summed E-state index contributed by atoms with van der Waals surface area (Å²) in [6.45, 7) is 6.87. The zero-order valence-corrected chi connectivity index (χ0v) is 24.7. The first-order valence-electron chi connectivity index (χ1n) is 12.5. The first kappa shape index (κ1) is 30.5. The average molecular weight is 591 g/mol. The molecule has 3 aromatic rings. The molecule has 0 saturated heterocycles. The highest BCUT2D eigenvalue weighted by Crippen LogP contribution is 2.26. The third-order valence-corrected chi connectivity index (χ3v) is 8.32. The van der Waals surface area contributed by atoms with Gasteiger partial charge in [0.05, 0.1) is 10.6 Å². The van der Waals surface area contributed by atoms with E-state index in [1.807, 2.05) is 20.8 Å². The summed E-state index contributed by atoms with van der Waals surface area (Å²) < 4.78 is 28.6. The van der Waals surface area contributed by atoms with Gasteiger partial charge in [-0.2, -0.15) is 0 Å². The van der Waals surface area contributed by atoms with Crippen LogP contribution in [-0.2, 0) is 26.2 Å². The molecule has 0 heterocycles. The Labute approximate surface area is 240 Å². The Hall–Kier alpha value is -3.07. The summed E-state index contributed by atoms with van der Waals surface area (Å²) in [6, 6.07) is 20.3. The van der Waals surface area contributed by atoms with E-state index in [4.69, 9.17) is 23.2 Å². The molecule has 0 saturated carbocycles. The molecule has 0 aromatic heterocycles. The summed E-state index contributed by atoms with van der Waals surface area (Å²) in [6.07, 6.45) is 0.313. The molecule has 2 amide bonds. The number of anilines is 1. The Bertz CT molecular complexity index is 1390. The quantitative estimate of drug-likeness (QED) is 0.318. The van der Waals surface area contributed by atoms with Crippen LogP contribution < -0.4 is 9.62 Å². The lowest BCUT2D eigenvalue weighted by Crippen LogP contribution is -2.55. The molecule has 0 aliphatic heterocycles. The van der Waals surface area contributed by atoms with Crippen LogP contribution in [0.2, 0.25) is 10.0 Å². The fourth-order valence-electron chi connectivity index (χ4n) is 4.04. The number of nitrogens with one attached hydrogen (secondary N) is 1. The van der Waals surface area contributed by atoms with Crippen LogP contribution in [0.1, 0.15) is 39.7 Å². The summed E-state index contributed by atoms with van der Waals surface area (Å²) in [5, 5.41) is 3.77. The van der Waals surface area contributed by atoms with Crippen LogP contribution in [0.15, 0.2) is 83.8 Å². The maximum atomic E-state index is 14.0. The van der Waals surface area contributed by atoms with Gasteiger partial charge in [0.2, 0.25) is 11.8 Å². The minimum absolute atomic E-state index is 0.0151. The summed E-state index contributed by atoms with van der Waals surface area (Å²) in [4.78, 5) is 28.7. The van der Waals surface area contributed by atoms with Gasteiger partial charge >= 0.3 is 0 Å². The van der Waals surface area contributed by atoms with E-state index in [-0.39, 0.29) is 17.3 Å². The largest absolute Gasteiger partial charge is 0.350 e. The zero-order chi connectivity index (χ0) is 28.8. The third-order valence-electron chi connectivity index (χ3n) is 5.91. The molecule has 1 N–H and O–H groups in total. The minimum Gasteiger partial charge on any atom is -0.350 e. The van der Waals surface area contributed by atoms with Crippen molar-refractivity contribution in [3.63, 3.8) is 0 Å². The van der Waals surface area contributed by atoms with Crippen molar-refractivity contribution in [2.45, 2.75) is 57.1 Å². The maximum absolute atomic E-state index is 14.0. The predicted octanol–water partition coefficient (Wildman–Crippen LogP) is 5.91. The third kappa shape index (κ3) is 7.97. The number of sulfonamides is 1. The second-order valence-electron chi connectivity index (χ2n) is 10.1. The van der Waals surface area contributed by atoms with Crippen molar-refractivity contribution in [3.05, 3.63) is 94.5 Å². The monoisotopic (exact) mass is 589 g/mol. The van der Waals surface area contributed by atoms with Crippen molar-refractivity contribution in [1.82, 2.24) is 10.2 Å². The van der Waals surface area contributed by atoms with Crippen LogP contribution in [0, 0.1) is 0 Å². The molecule has 7 nitrogen and oxygen atoms in total. The second-order valence-corrected chi connectivity index (χ2v) is 12.8.